The summed E-state index contributed by atoms with van der Waals surface area (Å²) >= 11 is 0. The van der Waals surface area contributed by atoms with Crippen LogP contribution in [0.15, 0.2) is 91.0 Å². The van der Waals surface area contributed by atoms with E-state index >= 15 is 0 Å². The van der Waals surface area contributed by atoms with E-state index in [0.717, 1.165) is 54.7 Å². The molecule has 59 heavy (non-hydrogen) atoms. The number of nitrogens with one attached hydrogen (secondary N) is 4. The van der Waals surface area contributed by atoms with Crippen molar-refractivity contribution in [3.8, 4) is 11.1 Å². The number of hydrogen-bond donors (Lipinski definition) is 4. The minimum atomic E-state index is -0.937. The highest BCUT2D eigenvalue weighted by molar-refractivity contribution is 6.07. The predicted octanol–water partition coefficient (Wildman–Crippen LogP) is 7.73. The zero-order valence-electron chi connectivity index (χ0n) is 34.0. The number of hydrogen-bond acceptors (Lipinski definition) is 8. The van der Waals surface area contributed by atoms with Gasteiger partial charge in [0.05, 0.1) is 42.3 Å². The number of rotatable bonds is 12. The van der Waals surface area contributed by atoms with Gasteiger partial charge in [-0.2, -0.15) is 0 Å². The highest BCUT2D eigenvalue weighted by atomic mass is 16.6. The number of aromatic nitrogens is 4. The van der Waals surface area contributed by atoms with Gasteiger partial charge in [0, 0.05) is 24.4 Å². The molecule has 0 unspecified atom stereocenters. The molecule has 0 spiro atoms. The number of amides is 4. The lowest BCUT2D eigenvalue weighted by Gasteiger charge is -2.28. The van der Waals surface area contributed by atoms with Gasteiger partial charge < -0.3 is 39.9 Å². The number of imidazole rings is 2. The summed E-state index contributed by atoms with van der Waals surface area (Å²) in [4.78, 5) is 70.6. The van der Waals surface area contributed by atoms with E-state index in [2.05, 4.69) is 67.8 Å². The minimum absolute atomic E-state index is 0.175. The van der Waals surface area contributed by atoms with E-state index in [4.69, 9.17) is 14.7 Å². The Balaban J connectivity index is 1.11. The Kier molecular flexibility index (Phi) is 11.5. The molecular formula is C45H48N8O6. The lowest BCUT2D eigenvalue weighted by atomic mass is 9.98. The molecule has 0 radical (unpaired) electrons. The standard InChI is InChI=1S/C45H48N8O6/c1-7-21-53(42(55)39(27-11-9-8-10-12-27)51-44(57)59-45(2,3)4)26-37-48-35-20-16-31-23-29(14-18-33(31)41(35)50-37)28-13-17-32-30(22-28)15-19-34-40(32)49-36(47-34)25-52(5)38(54)24-46-43(56)58-6/h8-20,22-23,39H,7,21,24-26H2,1-6H3,(H,46,56)(H,47,49)(H,48,50)(H,51,57)/t39-/m1/s1. The van der Waals surface area contributed by atoms with Gasteiger partial charge in [0.25, 0.3) is 0 Å². The van der Waals surface area contributed by atoms with Crippen LogP contribution in [0.25, 0.3) is 54.7 Å². The van der Waals surface area contributed by atoms with Gasteiger partial charge in [-0.3, -0.25) is 9.59 Å². The number of fused-ring (bicyclic) bond motifs is 6. The summed E-state index contributed by atoms with van der Waals surface area (Å²) in [6.07, 6.45) is -0.615. The van der Waals surface area contributed by atoms with E-state index < -0.39 is 23.8 Å². The van der Waals surface area contributed by atoms with Gasteiger partial charge in [-0.05, 0) is 78.9 Å². The SMILES string of the molecule is CCCN(Cc1nc2ccc3cc(-c4ccc5c(ccc6nc(CN(C)C(=O)CNC(=O)OC)[nH]c65)c4)ccc3c2[nH]1)C(=O)[C@H](NC(=O)OC(C)(C)C)c1ccccc1. The molecule has 2 heterocycles. The summed E-state index contributed by atoms with van der Waals surface area (Å²) in [7, 11) is 2.90. The summed E-state index contributed by atoms with van der Waals surface area (Å²) in [6, 6.07) is 28.9. The molecule has 0 saturated carbocycles. The van der Waals surface area contributed by atoms with Gasteiger partial charge >= 0.3 is 12.2 Å². The number of H-pyrrole nitrogens is 2. The molecule has 7 rings (SSSR count). The smallest absolute Gasteiger partial charge is 0.408 e. The molecule has 0 aliphatic carbocycles. The third kappa shape index (κ3) is 9.12. The fraction of sp³-hybridized carbons (Fsp3) is 0.289. The van der Waals surface area contributed by atoms with Crippen LogP contribution in [0.1, 0.15) is 57.4 Å². The Morgan fingerprint density at radius 1 is 0.763 bits per heavy atom. The van der Waals surface area contributed by atoms with E-state index in [9.17, 15) is 19.2 Å². The average molecular weight is 797 g/mol. The Labute approximate surface area is 341 Å². The molecule has 304 valence electrons. The van der Waals surface area contributed by atoms with Gasteiger partial charge in [-0.1, -0.05) is 73.7 Å². The second kappa shape index (κ2) is 16.9. The molecule has 14 nitrogen and oxygen atoms in total. The van der Waals surface area contributed by atoms with Gasteiger partial charge in [0.2, 0.25) is 11.8 Å². The van der Waals surface area contributed by atoms with Crippen molar-refractivity contribution in [3.63, 3.8) is 0 Å². The Bertz CT molecular complexity index is 2680. The minimum Gasteiger partial charge on any atom is -0.453 e. The van der Waals surface area contributed by atoms with Gasteiger partial charge in [-0.15, -0.1) is 0 Å². The fourth-order valence-corrected chi connectivity index (χ4v) is 7.16. The maximum atomic E-state index is 14.2. The third-order valence-electron chi connectivity index (χ3n) is 9.95. The second-order valence-electron chi connectivity index (χ2n) is 15.5. The van der Waals surface area contributed by atoms with Crippen LogP contribution in [0.4, 0.5) is 9.59 Å². The lowest BCUT2D eigenvalue weighted by Crippen LogP contribution is -2.44. The molecule has 14 heteroatoms. The molecule has 1 atom stereocenters. The molecule has 4 N–H and O–H groups in total. The summed E-state index contributed by atoms with van der Waals surface area (Å²) in [5.74, 6) is 0.737. The predicted molar refractivity (Wildman–Crippen MR) is 227 cm³/mol. The topological polar surface area (TPSA) is 175 Å². The molecule has 4 amide bonds. The molecule has 5 aromatic carbocycles. The van der Waals surface area contributed by atoms with Crippen molar-refractivity contribution in [2.75, 3.05) is 27.2 Å². The zero-order valence-corrected chi connectivity index (χ0v) is 34.0. The monoisotopic (exact) mass is 796 g/mol. The van der Waals surface area contributed by atoms with E-state index in [-0.39, 0.29) is 31.4 Å². The first-order chi connectivity index (χ1) is 28.3. The molecule has 0 aliphatic rings. The molecule has 0 fully saturated rings. The fourth-order valence-electron chi connectivity index (χ4n) is 7.16. The number of benzene rings is 5. The number of carbonyl (C=O) groups is 4. The number of methoxy groups -OCH3 is 1. The zero-order chi connectivity index (χ0) is 41.8. The van der Waals surface area contributed by atoms with Crippen LogP contribution >= 0.6 is 0 Å². The van der Waals surface area contributed by atoms with Crippen molar-refractivity contribution < 1.29 is 28.7 Å². The van der Waals surface area contributed by atoms with E-state index in [0.29, 0.717) is 30.2 Å². The van der Waals surface area contributed by atoms with Crippen LogP contribution < -0.4 is 10.6 Å². The Morgan fingerprint density at radius 2 is 1.34 bits per heavy atom. The first-order valence-corrected chi connectivity index (χ1v) is 19.5. The van der Waals surface area contributed by atoms with Crippen molar-refractivity contribution in [1.29, 1.82) is 0 Å². The summed E-state index contributed by atoms with van der Waals surface area (Å²) in [5, 5.41) is 9.29. The third-order valence-corrected chi connectivity index (χ3v) is 9.95. The summed E-state index contributed by atoms with van der Waals surface area (Å²) in [5.41, 5.74) is 5.37. The average Bonchev–Trinajstić information content (AvgIpc) is 3.84. The van der Waals surface area contributed by atoms with Crippen molar-refractivity contribution in [2.45, 2.75) is 58.8 Å². The normalized spacial score (nSPS) is 12.1. The Morgan fingerprint density at radius 3 is 1.88 bits per heavy atom. The van der Waals surface area contributed by atoms with Crippen LogP contribution in [0, 0.1) is 0 Å². The first-order valence-electron chi connectivity index (χ1n) is 19.5. The number of ether oxygens (including phenoxy) is 2. The quantitative estimate of drug-likeness (QED) is 0.0972. The van der Waals surface area contributed by atoms with Crippen LogP contribution in [-0.4, -0.2) is 86.6 Å². The van der Waals surface area contributed by atoms with Crippen LogP contribution in [-0.2, 0) is 32.2 Å². The van der Waals surface area contributed by atoms with Crippen LogP contribution in [0.3, 0.4) is 0 Å². The number of carbonyl (C=O) groups excluding carboxylic acids is 4. The van der Waals surface area contributed by atoms with E-state index in [1.165, 1.54) is 12.0 Å². The number of alkyl carbamates (subject to hydrolysis) is 2. The molecule has 7 aromatic rings. The summed E-state index contributed by atoms with van der Waals surface area (Å²) in [6.45, 7) is 8.12. The van der Waals surface area contributed by atoms with Crippen molar-refractivity contribution in [2.24, 2.45) is 0 Å². The number of likely N-dealkylation sites (N-methyl/N-ethyl adjacent to an activating group) is 1. The molecular weight excluding hydrogens is 749 g/mol. The van der Waals surface area contributed by atoms with Crippen LogP contribution in [0.2, 0.25) is 0 Å². The van der Waals surface area contributed by atoms with Crippen molar-refractivity contribution >= 4 is 67.6 Å². The Hall–Kier alpha value is -6.96. The van der Waals surface area contributed by atoms with Crippen LogP contribution in [0.5, 0.6) is 0 Å². The molecule has 2 aromatic heterocycles. The molecule has 0 bridgehead atoms. The highest BCUT2D eigenvalue weighted by Crippen LogP contribution is 2.33. The lowest BCUT2D eigenvalue weighted by molar-refractivity contribution is -0.134. The van der Waals surface area contributed by atoms with E-state index in [1.807, 2.05) is 55.5 Å². The van der Waals surface area contributed by atoms with Gasteiger partial charge in [0.1, 0.15) is 29.8 Å². The van der Waals surface area contributed by atoms with Gasteiger partial charge in [0.15, 0.2) is 0 Å². The maximum Gasteiger partial charge on any atom is 0.408 e. The first kappa shape index (κ1) is 40.2. The summed E-state index contributed by atoms with van der Waals surface area (Å²) < 4.78 is 10.1. The molecule has 0 aliphatic heterocycles. The number of aromatic amines is 2. The maximum absolute atomic E-state index is 14.2. The highest BCUT2D eigenvalue weighted by Gasteiger charge is 2.30. The van der Waals surface area contributed by atoms with Gasteiger partial charge in [-0.25, -0.2) is 19.6 Å². The van der Waals surface area contributed by atoms with E-state index in [1.54, 1.807) is 32.7 Å². The van der Waals surface area contributed by atoms with Crippen molar-refractivity contribution in [1.82, 2.24) is 40.4 Å². The number of nitrogens with zero attached hydrogens (tertiary/aromatic N) is 4. The largest absolute Gasteiger partial charge is 0.453 e. The van der Waals surface area contributed by atoms with Crippen molar-refractivity contribution in [3.05, 3.63) is 108 Å². The second-order valence-corrected chi connectivity index (χ2v) is 15.5. The molecule has 0 saturated heterocycles.